The summed E-state index contributed by atoms with van der Waals surface area (Å²) in [5.74, 6) is 0.909. The Morgan fingerprint density at radius 3 is 2.56 bits per heavy atom. The second-order valence-corrected chi connectivity index (χ2v) is 3.23. The minimum Gasteiger partial charge on any atom is -0.497 e. The Labute approximate surface area is 92.9 Å². The van der Waals surface area contributed by atoms with Crippen molar-refractivity contribution < 1.29 is 9.15 Å². The van der Waals surface area contributed by atoms with Gasteiger partial charge in [-0.1, -0.05) is 12.1 Å². The molecule has 1 aromatic heterocycles. The summed E-state index contributed by atoms with van der Waals surface area (Å²) in [4.78, 5) is 0. The van der Waals surface area contributed by atoms with Crippen LogP contribution in [0, 0.1) is 11.3 Å². The number of furan rings is 1. The lowest BCUT2D eigenvalue weighted by Gasteiger charge is -2.01. The predicted molar refractivity (Wildman–Crippen MR) is 59.8 cm³/mol. The lowest BCUT2D eigenvalue weighted by molar-refractivity contribution is 0.415. The summed E-state index contributed by atoms with van der Waals surface area (Å²) in [5.41, 5.74) is 7.47. The standard InChI is InChI=1S/C12H10N2O2/c1-15-9-4-2-8(3-5-9)11-7-16-12(14)10(11)6-13/h2-5,7H,14H2,1H3. The van der Waals surface area contributed by atoms with Gasteiger partial charge in [-0.15, -0.1) is 0 Å². The third kappa shape index (κ3) is 1.59. The van der Waals surface area contributed by atoms with Crippen molar-refractivity contribution in [1.82, 2.24) is 0 Å². The average molecular weight is 214 g/mol. The van der Waals surface area contributed by atoms with Gasteiger partial charge >= 0.3 is 0 Å². The molecule has 1 heterocycles. The zero-order valence-corrected chi connectivity index (χ0v) is 8.73. The maximum atomic E-state index is 8.94. The first-order valence-corrected chi connectivity index (χ1v) is 4.67. The molecular formula is C12H10N2O2. The third-order valence-electron chi connectivity index (χ3n) is 2.33. The molecule has 0 bridgehead atoms. The van der Waals surface area contributed by atoms with Crippen LogP contribution in [0.25, 0.3) is 11.1 Å². The highest BCUT2D eigenvalue weighted by atomic mass is 16.5. The molecule has 0 saturated heterocycles. The first-order valence-electron chi connectivity index (χ1n) is 4.67. The molecule has 0 fully saturated rings. The highest BCUT2D eigenvalue weighted by Gasteiger charge is 2.12. The molecule has 0 radical (unpaired) electrons. The number of rotatable bonds is 2. The Morgan fingerprint density at radius 2 is 2.00 bits per heavy atom. The summed E-state index contributed by atoms with van der Waals surface area (Å²) in [6.45, 7) is 0. The van der Waals surface area contributed by atoms with Crippen molar-refractivity contribution in [1.29, 1.82) is 5.26 Å². The second kappa shape index (κ2) is 3.99. The van der Waals surface area contributed by atoms with Crippen molar-refractivity contribution in [3.63, 3.8) is 0 Å². The minimum atomic E-state index is 0.147. The average Bonchev–Trinajstić information content (AvgIpc) is 2.70. The van der Waals surface area contributed by atoms with E-state index in [1.165, 1.54) is 6.26 Å². The molecule has 2 aromatic rings. The molecule has 80 valence electrons. The Balaban J connectivity index is 2.47. The van der Waals surface area contributed by atoms with Crippen molar-refractivity contribution in [3.8, 4) is 22.9 Å². The molecule has 0 aliphatic carbocycles. The van der Waals surface area contributed by atoms with Crippen LogP contribution in [-0.4, -0.2) is 7.11 Å². The molecule has 0 spiro atoms. The van der Waals surface area contributed by atoms with Gasteiger partial charge in [0, 0.05) is 5.56 Å². The topological polar surface area (TPSA) is 72.2 Å². The predicted octanol–water partition coefficient (Wildman–Crippen LogP) is 2.41. The summed E-state index contributed by atoms with van der Waals surface area (Å²) in [6, 6.07) is 9.36. The van der Waals surface area contributed by atoms with Crippen molar-refractivity contribution in [3.05, 3.63) is 36.1 Å². The van der Waals surface area contributed by atoms with Gasteiger partial charge in [0.1, 0.15) is 23.6 Å². The molecule has 2 N–H and O–H groups in total. The van der Waals surface area contributed by atoms with Gasteiger partial charge in [-0.25, -0.2) is 0 Å². The maximum Gasteiger partial charge on any atom is 0.208 e. The van der Waals surface area contributed by atoms with E-state index in [9.17, 15) is 0 Å². The number of hydrogen-bond acceptors (Lipinski definition) is 4. The van der Waals surface area contributed by atoms with E-state index in [2.05, 4.69) is 0 Å². The van der Waals surface area contributed by atoms with E-state index in [0.29, 0.717) is 11.1 Å². The lowest BCUT2D eigenvalue weighted by Crippen LogP contribution is -1.86. The molecular weight excluding hydrogens is 204 g/mol. The Hall–Kier alpha value is -2.41. The molecule has 0 unspecified atom stereocenters. The van der Waals surface area contributed by atoms with E-state index in [-0.39, 0.29) is 5.88 Å². The van der Waals surface area contributed by atoms with Gasteiger partial charge < -0.3 is 14.9 Å². The van der Waals surface area contributed by atoms with Gasteiger partial charge in [0.25, 0.3) is 0 Å². The first-order chi connectivity index (χ1) is 7.76. The normalized spacial score (nSPS) is 9.75. The van der Waals surface area contributed by atoms with Crippen LogP contribution in [0.1, 0.15) is 5.56 Å². The van der Waals surface area contributed by atoms with E-state index >= 15 is 0 Å². The van der Waals surface area contributed by atoms with Gasteiger partial charge in [-0.2, -0.15) is 5.26 Å². The van der Waals surface area contributed by atoms with Gasteiger partial charge in [-0.3, -0.25) is 0 Å². The van der Waals surface area contributed by atoms with Crippen LogP contribution < -0.4 is 10.5 Å². The fraction of sp³-hybridized carbons (Fsp3) is 0.0833. The molecule has 0 aliphatic rings. The zero-order chi connectivity index (χ0) is 11.5. The molecule has 0 amide bonds. The fourth-order valence-corrected chi connectivity index (χ4v) is 1.47. The Bertz CT molecular complexity index is 535. The highest BCUT2D eigenvalue weighted by molar-refractivity contribution is 5.74. The monoisotopic (exact) mass is 214 g/mol. The number of nitrogens with two attached hydrogens (primary N) is 1. The number of nitrogens with zero attached hydrogens (tertiary/aromatic N) is 1. The van der Waals surface area contributed by atoms with E-state index < -0.39 is 0 Å². The van der Waals surface area contributed by atoms with Crippen LogP contribution >= 0.6 is 0 Å². The quantitative estimate of drug-likeness (QED) is 0.833. The molecule has 2 rings (SSSR count). The molecule has 0 saturated carbocycles. The number of hydrogen-bond donors (Lipinski definition) is 1. The number of nitrogen functional groups attached to an aromatic ring is 1. The van der Waals surface area contributed by atoms with Gasteiger partial charge in [0.15, 0.2) is 0 Å². The maximum absolute atomic E-state index is 8.94. The zero-order valence-electron chi connectivity index (χ0n) is 8.73. The van der Waals surface area contributed by atoms with E-state index in [1.807, 2.05) is 30.3 Å². The van der Waals surface area contributed by atoms with Crippen LogP contribution in [0.5, 0.6) is 5.75 Å². The highest BCUT2D eigenvalue weighted by Crippen LogP contribution is 2.30. The van der Waals surface area contributed by atoms with Gasteiger partial charge in [-0.05, 0) is 17.7 Å². The van der Waals surface area contributed by atoms with Crippen LogP contribution in [0.3, 0.4) is 0 Å². The van der Waals surface area contributed by atoms with Crippen molar-refractivity contribution in [2.45, 2.75) is 0 Å². The molecule has 0 atom stereocenters. The van der Waals surface area contributed by atoms with Crippen molar-refractivity contribution in [2.75, 3.05) is 12.8 Å². The van der Waals surface area contributed by atoms with Gasteiger partial charge in [0.05, 0.1) is 7.11 Å². The molecule has 16 heavy (non-hydrogen) atoms. The fourth-order valence-electron chi connectivity index (χ4n) is 1.47. The number of anilines is 1. The lowest BCUT2D eigenvalue weighted by atomic mass is 10.0. The smallest absolute Gasteiger partial charge is 0.208 e. The van der Waals surface area contributed by atoms with Crippen LogP contribution in [0.4, 0.5) is 5.88 Å². The van der Waals surface area contributed by atoms with Crippen LogP contribution in [-0.2, 0) is 0 Å². The third-order valence-corrected chi connectivity index (χ3v) is 2.33. The van der Waals surface area contributed by atoms with Gasteiger partial charge in [0.2, 0.25) is 5.88 Å². The van der Waals surface area contributed by atoms with E-state index in [0.717, 1.165) is 11.3 Å². The van der Waals surface area contributed by atoms with Crippen LogP contribution in [0.15, 0.2) is 34.9 Å². The SMILES string of the molecule is COc1ccc(-c2coc(N)c2C#N)cc1. The van der Waals surface area contributed by atoms with Crippen molar-refractivity contribution >= 4 is 5.88 Å². The van der Waals surface area contributed by atoms with Crippen molar-refractivity contribution in [2.24, 2.45) is 0 Å². The largest absolute Gasteiger partial charge is 0.497 e. The number of benzene rings is 1. The molecule has 4 heteroatoms. The number of nitriles is 1. The first kappa shape index (κ1) is 10.1. The number of methoxy groups -OCH3 is 1. The molecule has 0 aliphatic heterocycles. The molecule has 1 aromatic carbocycles. The van der Waals surface area contributed by atoms with E-state index in [1.54, 1.807) is 7.11 Å². The van der Waals surface area contributed by atoms with Crippen LogP contribution in [0.2, 0.25) is 0 Å². The summed E-state index contributed by atoms with van der Waals surface area (Å²) < 4.78 is 10.1. The summed E-state index contributed by atoms with van der Waals surface area (Å²) >= 11 is 0. The summed E-state index contributed by atoms with van der Waals surface area (Å²) in [7, 11) is 1.60. The molecule has 4 nitrogen and oxygen atoms in total. The Kier molecular flexibility index (Phi) is 2.52. The minimum absolute atomic E-state index is 0.147. The summed E-state index contributed by atoms with van der Waals surface area (Å²) in [6.07, 6.45) is 1.48. The van der Waals surface area contributed by atoms with E-state index in [4.69, 9.17) is 20.1 Å². The second-order valence-electron chi connectivity index (χ2n) is 3.23. The summed E-state index contributed by atoms with van der Waals surface area (Å²) in [5, 5.41) is 8.94. The number of ether oxygens (including phenoxy) is 1. The Morgan fingerprint density at radius 1 is 1.31 bits per heavy atom.